The van der Waals surface area contributed by atoms with Gasteiger partial charge >= 0.3 is 0 Å². The summed E-state index contributed by atoms with van der Waals surface area (Å²) in [4.78, 5) is 29.2. The van der Waals surface area contributed by atoms with Gasteiger partial charge in [0, 0.05) is 51.2 Å². The van der Waals surface area contributed by atoms with Crippen molar-refractivity contribution >= 4 is 17.5 Å². The van der Waals surface area contributed by atoms with Gasteiger partial charge in [0.25, 0.3) is 5.91 Å². The normalized spacial score (nSPS) is 15.8. The first-order valence-electron chi connectivity index (χ1n) is 5.90. The number of nitrogens with zero attached hydrogens (tertiary/aromatic N) is 2. The van der Waals surface area contributed by atoms with Crippen LogP contribution in [0.3, 0.4) is 0 Å². The van der Waals surface area contributed by atoms with Crippen LogP contribution in [0.5, 0.6) is 0 Å². The molecule has 1 aromatic rings. The van der Waals surface area contributed by atoms with Crippen molar-refractivity contribution in [2.75, 3.05) is 32.0 Å². The molecule has 1 saturated heterocycles. The van der Waals surface area contributed by atoms with Gasteiger partial charge in [0.2, 0.25) is 5.91 Å². The van der Waals surface area contributed by atoms with E-state index in [1.54, 1.807) is 30.4 Å². The summed E-state index contributed by atoms with van der Waals surface area (Å²) in [5, 5.41) is 5.72. The Morgan fingerprint density at radius 2 is 2.33 bits per heavy atom. The summed E-state index contributed by atoms with van der Waals surface area (Å²) < 4.78 is 0. The molecule has 6 nitrogen and oxygen atoms in total. The molecule has 0 aliphatic carbocycles. The van der Waals surface area contributed by atoms with Crippen LogP contribution in [0.25, 0.3) is 0 Å². The number of carbonyl (C=O) groups excluding carboxylic acids is 2. The molecule has 6 heteroatoms. The minimum atomic E-state index is -0.0936. The first-order chi connectivity index (χ1) is 8.72. The molecule has 1 aliphatic heterocycles. The fraction of sp³-hybridized carbons (Fsp3) is 0.417. The number of aromatic nitrogens is 1. The molecule has 1 aliphatic rings. The molecule has 0 unspecified atom stereocenters. The molecular weight excluding hydrogens is 232 g/mol. The number of hydrogen-bond acceptors (Lipinski definition) is 4. The molecule has 2 heterocycles. The Balaban J connectivity index is 2.17. The zero-order valence-electron chi connectivity index (χ0n) is 10.3. The van der Waals surface area contributed by atoms with Gasteiger partial charge < -0.3 is 15.5 Å². The molecule has 0 aromatic carbocycles. The maximum atomic E-state index is 12.3. The van der Waals surface area contributed by atoms with E-state index in [1.807, 2.05) is 0 Å². The summed E-state index contributed by atoms with van der Waals surface area (Å²) in [5.41, 5.74) is 1.29. The first kappa shape index (κ1) is 12.3. The lowest BCUT2D eigenvalue weighted by Gasteiger charge is -2.20. The molecule has 0 spiro atoms. The van der Waals surface area contributed by atoms with Crippen molar-refractivity contribution in [1.82, 2.24) is 15.2 Å². The van der Waals surface area contributed by atoms with Gasteiger partial charge in [0.05, 0.1) is 5.56 Å². The van der Waals surface area contributed by atoms with E-state index >= 15 is 0 Å². The lowest BCUT2D eigenvalue weighted by atomic mass is 10.2. The van der Waals surface area contributed by atoms with E-state index in [4.69, 9.17) is 0 Å². The lowest BCUT2D eigenvalue weighted by Crippen LogP contribution is -2.34. The van der Waals surface area contributed by atoms with E-state index in [1.165, 1.54) is 0 Å². The van der Waals surface area contributed by atoms with Crippen LogP contribution in [-0.4, -0.2) is 48.4 Å². The number of pyridine rings is 1. The zero-order valence-corrected chi connectivity index (χ0v) is 10.3. The summed E-state index contributed by atoms with van der Waals surface area (Å²) >= 11 is 0. The average Bonchev–Trinajstić information content (AvgIpc) is 2.62. The monoisotopic (exact) mass is 248 g/mol. The first-order valence-corrected chi connectivity index (χ1v) is 5.90. The van der Waals surface area contributed by atoms with Gasteiger partial charge in [-0.05, 0) is 6.07 Å². The Labute approximate surface area is 105 Å². The second-order valence-corrected chi connectivity index (χ2v) is 4.06. The smallest absolute Gasteiger partial charge is 0.257 e. The highest BCUT2D eigenvalue weighted by molar-refractivity contribution is 5.99. The molecule has 2 rings (SSSR count). The van der Waals surface area contributed by atoms with Crippen molar-refractivity contribution in [3.05, 3.63) is 24.0 Å². The van der Waals surface area contributed by atoms with Crippen LogP contribution in [0.4, 0.5) is 5.69 Å². The summed E-state index contributed by atoms with van der Waals surface area (Å²) in [6, 6.07) is 1.76. The Hall–Kier alpha value is -2.11. The molecule has 1 fully saturated rings. The van der Waals surface area contributed by atoms with E-state index in [2.05, 4.69) is 15.6 Å². The van der Waals surface area contributed by atoms with Crippen LogP contribution in [0.15, 0.2) is 18.5 Å². The molecule has 0 saturated carbocycles. The van der Waals surface area contributed by atoms with Gasteiger partial charge in [-0.25, -0.2) is 0 Å². The number of rotatable bonds is 2. The van der Waals surface area contributed by atoms with E-state index in [0.29, 0.717) is 31.6 Å². The number of nitrogens with one attached hydrogen (secondary N) is 2. The van der Waals surface area contributed by atoms with Gasteiger partial charge in [-0.3, -0.25) is 14.6 Å². The SMILES string of the molecule is CNc1ccncc1C(=O)N1CCNC(=O)CC1. The van der Waals surface area contributed by atoms with Crippen LogP contribution in [0, 0.1) is 0 Å². The molecule has 18 heavy (non-hydrogen) atoms. The van der Waals surface area contributed by atoms with Crippen molar-refractivity contribution < 1.29 is 9.59 Å². The molecule has 2 N–H and O–H groups in total. The standard InChI is InChI=1S/C12H16N4O2/c1-13-10-2-4-14-8-9(10)12(18)16-6-3-11(17)15-5-7-16/h2,4,8H,3,5-7H2,1H3,(H,13,14)(H,15,17). The maximum Gasteiger partial charge on any atom is 0.257 e. The van der Waals surface area contributed by atoms with Gasteiger partial charge in [-0.1, -0.05) is 0 Å². The van der Waals surface area contributed by atoms with Crippen molar-refractivity contribution in [1.29, 1.82) is 0 Å². The van der Waals surface area contributed by atoms with Gasteiger partial charge in [-0.2, -0.15) is 0 Å². The number of hydrogen-bond donors (Lipinski definition) is 2. The van der Waals surface area contributed by atoms with E-state index < -0.39 is 0 Å². The van der Waals surface area contributed by atoms with Crippen molar-refractivity contribution in [3.8, 4) is 0 Å². The van der Waals surface area contributed by atoms with E-state index in [9.17, 15) is 9.59 Å². The summed E-state index contributed by atoms with van der Waals surface area (Å²) in [7, 11) is 1.76. The van der Waals surface area contributed by atoms with Crippen LogP contribution in [-0.2, 0) is 4.79 Å². The highest BCUT2D eigenvalue weighted by atomic mass is 16.2. The predicted molar refractivity (Wildman–Crippen MR) is 67.3 cm³/mol. The molecule has 0 bridgehead atoms. The predicted octanol–water partition coefficient (Wildman–Crippen LogP) is 0.0854. The van der Waals surface area contributed by atoms with Crippen LogP contribution < -0.4 is 10.6 Å². The highest BCUT2D eigenvalue weighted by Crippen LogP contribution is 2.15. The third-order valence-electron chi connectivity index (χ3n) is 2.92. The molecule has 96 valence electrons. The Morgan fingerprint density at radius 1 is 1.50 bits per heavy atom. The Kier molecular flexibility index (Phi) is 3.76. The highest BCUT2D eigenvalue weighted by Gasteiger charge is 2.21. The molecule has 0 atom stereocenters. The summed E-state index contributed by atoms with van der Waals surface area (Å²) in [6.07, 6.45) is 3.53. The van der Waals surface area contributed by atoms with Crippen molar-refractivity contribution in [2.24, 2.45) is 0 Å². The quantitative estimate of drug-likeness (QED) is 0.777. The topological polar surface area (TPSA) is 74.3 Å². The van der Waals surface area contributed by atoms with Crippen molar-refractivity contribution in [3.63, 3.8) is 0 Å². The number of carbonyl (C=O) groups is 2. The minimum Gasteiger partial charge on any atom is -0.387 e. The van der Waals surface area contributed by atoms with E-state index in [-0.39, 0.29) is 11.8 Å². The second kappa shape index (κ2) is 5.48. The lowest BCUT2D eigenvalue weighted by molar-refractivity contribution is -0.120. The molecule has 2 amide bonds. The number of anilines is 1. The van der Waals surface area contributed by atoms with Crippen LogP contribution >= 0.6 is 0 Å². The van der Waals surface area contributed by atoms with Crippen LogP contribution in [0.2, 0.25) is 0 Å². The number of amides is 2. The second-order valence-electron chi connectivity index (χ2n) is 4.06. The average molecular weight is 248 g/mol. The third kappa shape index (κ3) is 2.58. The van der Waals surface area contributed by atoms with Crippen LogP contribution in [0.1, 0.15) is 16.8 Å². The van der Waals surface area contributed by atoms with Gasteiger partial charge in [-0.15, -0.1) is 0 Å². The fourth-order valence-electron chi connectivity index (χ4n) is 1.92. The minimum absolute atomic E-state index is 0.00896. The maximum absolute atomic E-state index is 12.3. The molecule has 0 radical (unpaired) electrons. The molecular formula is C12H16N4O2. The van der Waals surface area contributed by atoms with Crippen molar-refractivity contribution in [2.45, 2.75) is 6.42 Å². The fourth-order valence-corrected chi connectivity index (χ4v) is 1.92. The zero-order chi connectivity index (χ0) is 13.0. The Morgan fingerprint density at radius 3 is 3.11 bits per heavy atom. The Bertz CT molecular complexity index is 461. The summed E-state index contributed by atoms with van der Waals surface area (Å²) in [5.74, 6) is -0.103. The summed E-state index contributed by atoms with van der Waals surface area (Å²) in [6.45, 7) is 1.48. The van der Waals surface area contributed by atoms with E-state index in [0.717, 1.165) is 5.69 Å². The largest absolute Gasteiger partial charge is 0.387 e. The molecule has 1 aromatic heterocycles. The van der Waals surface area contributed by atoms with Gasteiger partial charge in [0.1, 0.15) is 0 Å². The van der Waals surface area contributed by atoms with Gasteiger partial charge in [0.15, 0.2) is 0 Å². The third-order valence-corrected chi connectivity index (χ3v) is 2.92.